The molecule has 3 nitrogen and oxygen atoms in total. The van der Waals surface area contributed by atoms with Gasteiger partial charge in [0.2, 0.25) is 5.91 Å². The Balaban J connectivity index is 1.95. The molecule has 0 spiro atoms. The minimum atomic E-state index is 0.361. The molecule has 19 heavy (non-hydrogen) atoms. The molecule has 0 radical (unpaired) electrons. The predicted octanol–water partition coefficient (Wildman–Crippen LogP) is 3.04. The molecule has 110 valence electrons. The minimum Gasteiger partial charge on any atom is -0.336 e. The summed E-state index contributed by atoms with van der Waals surface area (Å²) < 4.78 is 0. The predicted molar refractivity (Wildman–Crippen MR) is 79.1 cm³/mol. The molecular weight excluding hydrogens is 236 g/mol. The second-order valence-electron chi connectivity index (χ2n) is 6.46. The first-order chi connectivity index (χ1) is 9.13. The van der Waals surface area contributed by atoms with Crippen LogP contribution in [0.15, 0.2) is 0 Å². The smallest absolute Gasteiger partial charge is 0.237 e. The summed E-state index contributed by atoms with van der Waals surface area (Å²) in [6, 6.07) is 1.50. The van der Waals surface area contributed by atoms with Crippen molar-refractivity contribution in [2.24, 2.45) is 0 Å². The molecule has 0 saturated carbocycles. The van der Waals surface area contributed by atoms with Crippen LogP contribution < -0.4 is 0 Å². The second-order valence-corrected chi connectivity index (χ2v) is 6.46. The van der Waals surface area contributed by atoms with Gasteiger partial charge in [-0.1, -0.05) is 13.3 Å². The fraction of sp³-hybridized carbons (Fsp3) is 0.938. The van der Waals surface area contributed by atoms with Crippen LogP contribution in [0.25, 0.3) is 0 Å². The number of hydrogen-bond donors (Lipinski definition) is 0. The summed E-state index contributed by atoms with van der Waals surface area (Å²) in [4.78, 5) is 17.2. The van der Waals surface area contributed by atoms with Crippen molar-refractivity contribution in [1.82, 2.24) is 9.80 Å². The van der Waals surface area contributed by atoms with E-state index in [9.17, 15) is 4.79 Å². The van der Waals surface area contributed by atoms with E-state index in [4.69, 9.17) is 0 Å². The molecule has 3 atom stereocenters. The van der Waals surface area contributed by atoms with Crippen molar-refractivity contribution in [1.29, 1.82) is 0 Å². The summed E-state index contributed by atoms with van der Waals surface area (Å²) in [5.74, 6) is 0.361. The monoisotopic (exact) mass is 266 g/mol. The van der Waals surface area contributed by atoms with Crippen LogP contribution in [-0.4, -0.2) is 46.9 Å². The van der Waals surface area contributed by atoms with Crippen molar-refractivity contribution in [2.75, 3.05) is 13.1 Å². The van der Waals surface area contributed by atoms with E-state index in [1.54, 1.807) is 0 Å². The number of likely N-dealkylation sites (tertiary alicyclic amines) is 2. The first kappa shape index (κ1) is 14.8. The van der Waals surface area contributed by atoms with Crippen LogP contribution in [0.2, 0.25) is 0 Å². The number of amides is 1. The van der Waals surface area contributed by atoms with Gasteiger partial charge < -0.3 is 4.90 Å². The Kier molecular flexibility index (Phi) is 5.26. The summed E-state index contributed by atoms with van der Waals surface area (Å²) >= 11 is 0. The number of piperidine rings is 2. The fourth-order valence-corrected chi connectivity index (χ4v) is 3.90. The van der Waals surface area contributed by atoms with E-state index in [1.807, 2.05) is 0 Å². The fourth-order valence-electron chi connectivity index (χ4n) is 3.90. The van der Waals surface area contributed by atoms with E-state index in [-0.39, 0.29) is 0 Å². The average Bonchev–Trinajstić information content (AvgIpc) is 2.39. The molecule has 3 unspecified atom stereocenters. The lowest BCUT2D eigenvalue weighted by molar-refractivity contribution is -0.139. The lowest BCUT2D eigenvalue weighted by Gasteiger charge is -2.42. The van der Waals surface area contributed by atoms with Crippen molar-refractivity contribution in [3.05, 3.63) is 0 Å². The van der Waals surface area contributed by atoms with Crippen LogP contribution in [0.5, 0.6) is 0 Å². The maximum Gasteiger partial charge on any atom is 0.237 e. The molecule has 3 heteroatoms. The Morgan fingerprint density at radius 2 is 1.74 bits per heavy atom. The van der Waals surface area contributed by atoms with Gasteiger partial charge in [0.1, 0.15) is 0 Å². The topological polar surface area (TPSA) is 23.6 Å². The summed E-state index contributed by atoms with van der Waals surface area (Å²) in [5.41, 5.74) is 0. The third kappa shape index (κ3) is 3.50. The van der Waals surface area contributed by atoms with Crippen LogP contribution in [0.4, 0.5) is 0 Å². The molecule has 1 amide bonds. The first-order valence-corrected chi connectivity index (χ1v) is 8.18. The number of rotatable bonds is 3. The lowest BCUT2D eigenvalue weighted by Crippen LogP contribution is -2.53. The average molecular weight is 266 g/mol. The van der Waals surface area contributed by atoms with E-state index in [1.165, 1.54) is 44.9 Å². The molecule has 0 N–H and O–H groups in total. The van der Waals surface area contributed by atoms with Gasteiger partial charge in [0, 0.05) is 18.1 Å². The van der Waals surface area contributed by atoms with Crippen molar-refractivity contribution in [3.63, 3.8) is 0 Å². The summed E-state index contributed by atoms with van der Waals surface area (Å²) in [7, 11) is 0. The summed E-state index contributed by atoms with van der Waals surface area (Å²) in [6.45, 7) is 8.43. The zero-order valence-corrected chi connectivity index (χ0v) is 12.9. The van der Waals surface area contributed by atoms with Gasteiger partial charge in [-0.2, -0.15) is 0 Å². The molecule has 2 saturated heterocycles. The molecule has 2 aliphatic rings. The lowest BCUT2D eigenvalue weighted by atomic mass is 9.96. The van der Waals surface area contributed by atoms with Gasteiger partial charge in [-0.3, -0.25) is 9.69 Å². The highest BCUT2D eigenvalue weighted by Gasteiger charge is 2.31. The van der Waals surface area contributed by atoms with Crippen LogP contribution in [0.3, 0.4) is 0 Å². The SMILES string of the molecule is CCC1CCCCN1CC(=O)N1C(C)CCCC1C. The maximum atomic E-state index is 12.6. The van der Waals surface area contributed by atoms with E-state index in [0.29, 0.717) is 30.6 Å². The largest absolute Gasteiger partial charge is 0.336 e. The van der Waals surface area contributed by atoms with Crippen molar-refractivity contribution >= 4 is 5.91 Å². The highest BCUT2D eigenvalue weighted by molar-refractivity contribution is 5.79. The number of carbonyl (C=O) groups is 1. The summed E-state index contributed by atoms with van der Waals surface area (Å²) in [6.07, 6.45) is 8.66. The molecule has 0 bridgehead atoms. The van der Waals surface area contributed by atoms with Gasteiger partial charge in [-0.15, -0.1) is 0 Å². The van der Waals surface area contributed by atoms with Gasteiger partial charge in [0.05, 0.1) is 6.54 Å². The highest BCUT2D eigenvalue weighted by atomic mass is 16.2. The molecule has 2 fully saturated rings. The first-order valence-electron chi connectivity index (χ1n) is 8.18. The number of nitrogens with zero attached hydrogens (tertiary/aromatic N) is 2. The summed E-state index contributed by atoms with van der Waals surface area (Å²) in [5, 5.41) is 0. The molecule has 2 rings (SSSR count). The van der Waals surface area contributed by atoms with Crippen molar-refractivity contribution in [3.8, 4) is 0 Å². The maximum absolute atomic E-state index is 12.6. The Hall–Kier alpha value is -0.570. The van der Waals surface area contributed by atoms with Crippen LogP contribution in [0.1, 0.15) is 65.7 Å². The highest BCUT2D eigenvalue weighted by Crippen LogP contribution is 2.24. The van der Waals surface area contributed by atoms with Crippen molar-refractivity contribution < 1.29 is 4.79 Å². The molecular formula is C16H30N2O. The van der Waals surface area contributed by atoms with Crippen molar-refractivity contribution in [2.45, 2.75) is 83.8 Å². The van der Waals surface area contributed by atoms with Gasteiger partial charge >= 0.3 is 0 Å². The van der Waals surface area contributed by atoms with E-state index in [2.05, 4.69) is 30.6 Å². The standard InChI is InChI=1S/C16H30N2O/c1-4-15-10-5-6-11-17(15)12-16(19)18-13(2)8-7-9-14(18)3/h13-15H,4-12H2,1-3H3. The Bertz CT molecular complexity index is 295. The van der Waals surface area contributed by atoms with Gasteiger partial charge in [-0.25, -0.2) is 0 Å². The van der Waals surface area contributed by atoms with Crippen LogP contribution in [0, 0.1) is 0 Å². The Morgan fingerprint density at radius 3 is 2.37 bits per heavy atom. The Morgan fingerprint density at radius 1 is 1.05 bits per heavy atom. The van der Waals surface area contributed by atoms with Crippen LogP contribution >= 0.6 is 0 Å². The van der Waals surface area contributed by atoms with Gasteiger partial charge in [0.25, 0.3) is 0 Å². The third-order valence-corrected chi connectivity index (χ3v) is 5.04. The Labute approximate surface area is 118 Å². The van der Waals surface area contributed by atoms with Gasteiger partial charge in [-0.05, 0) is 58.9 Å². The number of carbonyl (C=O) groups excluding carboxylic acids is 1. The minimum absolute atomic E-state index is 0.361. The molecule has 2 aliphatic heterocycles. The third-order valence-electron chi connectivity index (χ3n) is 5.04. The van der Waals surface area contributed by atoms with Crippen LogP contribution in [-0.2, 0) is 4.79 Å². The zero-order chi connectivity index (χ0) is 13.8. The van der Waals surface area contributed by atoms with E-state index in [0.717, 1.165) is 6.54 Å². The van der Waals surface area contributed by atoms with E-state index >= 15 is 0 Å². The number of hydrogen-bond acceptors (Lipinski definition) is 2. The molecule has 0 aromatic carbocycles. The second kappa shape index (κ2) is 6.74. The normalized spacial score (nSPS) is 33.4. The molecule has 2 heterocycles. The van der Waals surface area contributed by atoms with Gasteiger partial charge in [0.15, 0.2) is 0 Å². The molecule has 0 aromatic rings. The molecule has 0 aromatic heterocycles. The van der Waals surface area contributed by atoms with E-state index < -0.39 is 0 Å². The zero-order valence-electron chi connectivity index (χ0n) is 12.9. The molecule has 0 aliphatic carbocycles. The quantitative estimate of drug-likeness (QED) is 0.784.